The van der Waals surface area contributed by atoms with Gasteiger partial charge in [-0.3, -0.25) is 14.6 Å². The van der Waals surface area contributed by atoms with Gasteiger partial charge in [0.2, 0.25) is 0 Å². The maximum Gasteiger partial charge on any atom is 0.531 e. The Morgan fingerprint density at radius 3 is 2.57 bits per heavy atom. The number of amides is 1. The molecule has 0 bridgehead atoms. The third-order valence-corrected chi connectivity index (χ3v) is 8.37. The number of aromatic nitrogens is 2. The largest absolute Gasteiger partial charge is 0.610 e. The van der Waals surface area contributed by atoms with Crippen molar-refractivity contribution in [1.82, 2.24) is 15.3 Å². The summed E-state index contributed by atoms with van der Waals surface area (Å²) < 4.78 is 12.8. The van der Waals surface area contributed by atoms with Gasteiger partial charge in [-0.15, -0.1) is 0 Å². The van der Waals surface area contributed by atoms with E-state index < -0.39 is 18.6 Å². The quantitative estimate of drug-likeness (QED) is 0.492. The molecule has 1 N–H and O–H groups in total. The van der Waals surface area contributed by atoms with Crippen LogP contribution >= 0.6 is 0 Å². The lowest BCUT2D eigenvalue weighted by Gasteiger charge is -2.51. The molecule has 2 aliphatic heterocycles. The van der Waals surface area contributed by atoms with E-state index in [0.29, 0.717) is 23.8 Å². The minimum atomic E-state index is -2.11. The Morgan fingerprint density at radius 1 is 1.19 bits per heavy atom. The minimum Gasteiger partial charge on any atom is -0.610 e. The van der Waals surface area contributed by atoms with Crippen molar-refractivity contribution in [2.75, 3.05) is 13.7 Å². The molecule has 37 heavy (non-hydrogen) atoms. The SMILES string of the molecule is CC(C)C[C@H](CC(=O)[C@H](Cc1ccccc1)NC(=O)c1cnccn1)[B-]12OC[C@@H](C)[N+]1(C)[C@H](C)C(=O)O2. The molecule has 2 aliphatic rings. The highest BCUT2D eigenvalue weighted by Crippen LogP contribution is 2.50. The average Bonchev–Trinajstić information content (AvgIpc) is 3.25. The first kappa shape index (κ1) is 26.9. The lowest BCUT2D eigenvalue weighted by molar-refractivity contribution is -0.844. The molecule has 0 aliphatic carbocycles. The van der Waals surface area contributed by atoms with Gasteiger partial charge < -0.3 is 19.0 Å². The van der Waals surface area contributed by atoms with E-state index in [2.05, 4.69) is 36.1 Å². The molecule has 2 aromatic rings. The zero-order chi connectivity index (χ0) is 26.8. The molecule has 1 amide bonds. The Hall–Kier alpha value is -3.11. The maximum atomic E-state index is 14.0. The zero-order valence-electron chi connectivity index (χ0n) is 22.3. The molecule has 1 aromatic heterocycles. The first-order chi connectivity index (χ1) is 17.6. The highest BCUT2D eigenvalue weighted by Gasteiger charge is 2.70. The van der Waals surface area contributed by atoms with Gasteiger partial charge in [-0.05, 0) is 44.0 Å². The van der Waals surface area contributed by atoms with Crippen molar-refractivity contribution < 1.29 is 28.1 Å². The van der Waals surface area contributed by atoms with E-state index in [9.17, 15) is 14.4 Å². The van der Waals surface area contributed by atoms with E-state index in [4.69, 9.17) is 9.31 Å². The third-order valence-electron chi connectivity index (χ3n) is 8.37. The molecule has 2 saturated heterocycles. The van der Waals surface area contributed by atoms with E-state index in [1.165, 1.54) is 18.6 Å². The molecule has 2 fully saturated rings. The molecule has 3 heterocycles. The molecule has 4 rings (SSSR count). The van der Waals surface area contributed by atoms with Crippen LogP contribution in [0.1, 0.15) is 56.6 Å². The number of ketones is 1. The first-order valence-corrected chi connectivity index (χ1v) is 13.1. The van der Waals surface area contributed by atoms with E-state index in [-0.39, 0.29) is 47.7 Å². The minimum absolute atomic E-state index is 0.0580. The molecule has 0 spiro atoms. The zero-order valence-corrected chi connectivity index (χ0v) is 22.3. The maximum absolute atomic E-state index is 14.0. The third kappa shape index (κ3) is 5.04. The van der Waals surface area contributed by atoms with Crippen LogP contribution in [-0.2, 0) is 25.3 Å². The second-order valence-corrected chi connectivity index (χ2v) is 11.1. The molecule has 0 saturated carbocycles. The molecule has 1 aromatic carbocycles. The predicted molar refractivity (Wildman–Crippen MR) is 139 cm³/mol. The summed E-state index contributed by atoms with van der Waals surface area (Å²) in [5.41, 5.74) is 1.07. The van der Waals surface area contributed by atoms with E-state index in [1.54, 1.807) is 0 Å². The highest BCUT2D eigenvalue weighted by atomic mass is 16.7. The lowest BCUT2D eigenvalue weighted by atomic mass is 9.51. The number of likely N-dealkylation sites (N-methyl/N-ethyl adjacent to an activating group) is 1. The topological polar surface area (TPSA) is 107 Å². The summed E-state index contributed by atoms with van der Waals surface area (Å²) in [7, 11) is 2.02. The van der Waals surface area contributed by atoms with Crippen molar-refractivity contribution in [2.45, 2.75) is 70.9 Å². The summed E-state index contributed by atoms with van der Waals surface area (Å²) in [6.45, 7) is 6.48. The van der Waals surface area contributed by atoms with Gasteiger partial charge in [0.25, 0.3) is 5.91 Å². The van der Waals surface area contributed by atoms with Gasteiger partial charge >= 0.3 is 12.7 Å². The average molecular weight is 508 g/mol. The Kier molecular flexibility index (Phi) is 7.80. The van der Waals surface area contributed by atoms with Crippen LogP contribution in [0.5, 0.6) is 0 Å². The van der Waals surface area contributed by atoms with Crippen LogP contribution in [0.4, 0.5) is 0 Å². The number of carbonyl (C=O) groups is 3. The number of nitrogens with one attached hydrogen (secondary N) is 1. The monoisotopic (exact) mass is 508 g/mol. The second kappa shape index (κ2) is 10.7. The van der Waals surface area contributed by atoms with Crippen LogP contribution in [0.3, 0.4) is 0 Å². The summed E-state index contributed by atoms with van der Waals surface area (Å²) in [6.07, 6.45) is 5.41. The first-order valence-electron chi connectivity index (χ1n) is 13.1. The van der Waals surface area contributed by atoms with E-state index in [1.807, 2.05) is 44.3 Å². The molecule has 0 radical (unpaired) electrons. The Morgan fingerprint density at radius 2 is 1.92 bits per heavy atom. The Bertz CT molecular complexity index is 1130. The van der Waals surface area contributed by atoms with Gasteiger partial charge in [-0.2, -0.15) is 0 Å². The molecular weight excluding hydrogens is 471 g/mol. The van der Waals surface area contributed by atoms with Gasteiger partial charge in [-0.1, -0.05) is 50.6 Å². The number of quaternary nitrogens is 1. The van der Waals surface area contributed by atoms with Crippen LogP contribution in [-0.4, -0.2) is 70.5 Å². The summed E-state index contributed by atoms with van der Waals surface area (Å²) in [5.74, 6) is -0.944. The Labute approximate surface area is 218 Å². The second-order valence-electron chi connectivity index (χ2n) is 11.1. The van der Waals surface area contributed by atoms with E-state index in [0.717, 1.165) is 5.56 Å². The van der Waals surface area contributed by atoms with Gasteiger partial charge in [-0.25, -0.2) is 9.78 Å². The van der Waals surface area contributed by atoms with Crippen molar-refractivity contribution >= 4 is 24.3 Å². The summed E-state index contributed by atoms with van der Waals surface area (Å²) in [6, 6.07) is 8.47. The summed E-state index contributed by atoms with van der Waals surface area (Å²) in [4.78, 5) is 47.8. The van der Waals surface area contributed by atoms with Crippen LogP contribution in [0.15, 0.2) is 48.9 Å². The summed E-state index contributed by atoms with van der Waals surface area (Å²) >= 11 is 0. The Balaban J connectivity index is 1.64. The van der Waals surface area contributed by atoms with Crippen LogP contribution in [0.2, 0.25) is 5.82 Å². The van der Waals surface area contributed by atoms with Gasteiger partial charge in [0.05, 0.1) is 24.9 Å². The van der Waals surface area contributed by atoms with Gasteiger partial charge in [0.1, 0.15) is 11.7 Å². The molecule has 2 unspecified atom stereocenters. The van der Waals surface area contributed by atoms with Crippen molar-refractivity contribution in [1.29, 1.82) is 0 Å². The standard InChI is InChI=1S/C27H37BN4O5/c1-18(2)13-22(28-32(5,19(3)17-36-28)20(4)27(35)37-28)15-25(33)23(14-21-9-7-6-8-10-21)31-26(34)24-16-29-11-12-30-24/h6-12,16,18-20,22-23H,13-15,17H2,1-5H3,(H,31,34)/t19-,20-,22-,23+,28?,32?/m1/s1. The molecule has 6 atom stereocenters. The predicted octanol–water partition coefficient (Wildman–Crippen LogP) is 2.94. The van der Waals surface area contributed by atoms with Crippen molar-refractivity contribution in [3.8, 4) is 0 Å². The number of hydrogen-bond donors (Lipinski definition) is 1. The number of carbonyl (C=O) groups excluding carboxylic acids is 3. The van der Waals surface area contributed by atoms with Crippen molar-refractivity contribution in [3.05, 3.63) is 60.2 Å². The fourth-order valence-electron chi connectivity index (χ4n) is 6.13. The number of Topliss-reactive ketones (excluding diaryl/α,β-unsaturated/α-hetero) is 1. The normalized spacial score (nSPS) is 28.4. The van der Waals surface area contributed by atoms with Crippen LogP contribution < -0.4 is 5.32 Å². The van der Waals surface area contributed by atoms with Gasteiger partial charge in [0.15, 0.2) is 5.78 Å². The molecule has 10 heteroatoms. The van der Waals surface area contributed by atoms with Gasteiger partial charge in [0, 0.05) is 19.4 Å². The fourth-order valence-corrected chi connectivity index (χ4v) is 6.13. The number of hydrogen-bond acceptors (Lipinski definition) is 7. The number of nitrogens with zero attached hydrogens (tertiary/aromatic N) is 3. The smallest absolute Gasteiger partial charge is 0.531 e. The van der Waals surface area contributed by atoms with Crippen molar-refractivity contribution in [3.63, 3.8) is 0 Å². The molecule has 9 nitrogen and oxygen atoms in total. The number of benzene rings is 1. The van der Waals surface area contributed by atoms with E-state index >= 15 is 0 Å². The fraction of sp³-hybridized carbons (Fsp3) is 0.519. The molecule has 198 valence electrons. The van der Waals surface area contributed by atoms with Crippen LogP contribution in [0, 0.1) is 5.92 Å². The summed E-state index contributed by atoms with van der Waals surface area (Å²) in [5, 5.41) is 2.89. The number of rotatable bonds is 10. The number of fused-ring (bicyclic) bond motifs is 1. The van der Waals surface area contributed by atoms with Crippen LogP contribution in [0.25, 0.3) is 0 Å². The lowest BCUT2D eigenvalue weighted by Crippen LogP contribution is -2.68. The highest BCUT2D eigenvalue weighted by molar-refractivity contribution is 6.65. The van der Waals surface area contributed by atoms with Crippen molar-refractivity contribution in [2.24, 2.45) is 5.92 Å². The molecular formula is C27H37BN4O5.